The Morgan fingerprint density at radius 1 is 0.683 bits per heavy atom. The van der Waals surface area contributed by atoms with Crippen molar-refractivity contribution in [1.29, 1.82) is 0 Å². The molecule has 17 nitrogen and oxygen atoms in total. The Kier molecular flexibility index (Phi) is 22.7. The number of hydrogen-bond acceptors (Lipinski definition) is 13. The van der Waals surface area contributed by atoms with Gasteiger partial charge in [0.15, 0.2) is 5.96 Å². The standard InChI is InChI=1S/C41H54I2N6O11/c1-29-21-32(24-38(50)51)23-36(42)40(29)60-35-22-30(2)39(37(43)25-35)59-28-33-27-49(48-47-33)7-8-52-9-10-53-11-12-54-13-14-55-15-16-56-17-18-57-19-20-58-34-5-3-31(4-6-34)26-46-41(44)45/h3-6,21-23,25,27H,7-20,24,26,28H2,1-2H3,(H,50,51)(H4,44,45,46). The van der Waals surface area contributed by atoms with Crippen molar-refractivity contribution in [3.05, 3.63) is 89.8 Å². The Labute approximate surface area is 377 Å². The van der Waals surface area contributed by atoms with Gasteiger partial charge in [-0.3, -0.25) is 4.79 Å². The van der Waals surface area contributed by atoms with E-state index in [-0.39, 0.29) is 19.0 Å². The molecule has 0 bridgehead atoms. The summed E-state index contributed by atoms with van der Waals surface area (Å²) in [5.41, 5.74) is 14.9. The smallest absolute Gasteiger partial charge is 0.307 e. The van der Waals surface area contributed by atoms with Crippen LogP contribution in [0.25, 0.3) is 0 Å². The molecule has 60 heavy (non-hydrogen) atoms. The molecule has 4 aromatic rings. The van der Waals surface area contributed by atoms with Gasteiger partial charge in [-0.05, 0) is 112 Å². The maximum atomic E-state index is 11.1. The average Bonchev–Trinajstić information content (AvgIpc) is 3.66. The summed E-state index contributed by atoms with van der Waals surface area (Å²) in [5, 5.41) is 17.5. The highest BCUT2D eigenvalue weighted by Crippen LogP contribution is 2.36. The highest BCUT2D eigenvalue weighted by Gasteiger charge is 2.15. The first-order valence-electron chi connectivity index (χ1n) is 19.3. The second-order valence-electron chi connectivity index (χ2n) is 13.1. The van der Waals surface area contributed by atoms with Gasteiger partial charge in [0.1, 0.15) is 41.9 Å². The average molecular weight is 1060 g/mol. The fourth-order valence-corrected chi connectivity index (χ4v) is 7.20. The zero-order chi connectivity index (χ0) is 43.0. The van der Waals surface area contributed by atoms with Crippen LogP contribution in [-0.4, -0.2) is 118 Å². The fourth-order valence-electron chi connectivity index (χ4n) is 5.38. The highest BCUT2D eigenvalue weighted by atomic mass is 127. The summed E-state index contributed by atoms with van der Waals surface area (Å²) in [4.78, 5) is 15.1. The number of hydrogen-bond donors (Lipinski definition) is 3. The molecule has 0 radical (unpaired) electrons. The number of aryl methyl sites for hydroxylation is 2. The molecule has 0 amide bonds. The van der Waals surface area contributed by atoms with Crippen LogP contribution < -0.4 is 25.7 Å². The fraction of sp³-hybridized carbons (Fsp3) is 0.463. The lowest BCUT2D eigenvalue weighted by molar-refractivity contribution is -0.136. The number of rotatable bonds is 31. The predicted molar refractivity (Wildman–Crippen MR) is 240 cm³/mol. The first-order valence-corrected chi connectivity index (χ1v) is 21.5. The maximum Gasteiger partial charge on any atom is 0.307 e. The Bertz CT molecular complexity index is 1870. The zero-order valence-electron chi connectivity index (χ0n) is 33.9. The molecule has 0 aliphatic carbocycles. The summed E-state index contributed by atoms with van der Waals surface area (Å²) in [6.07, 6.45) is 1.80. The molecule has 0 fully saturated rings. The second-order valence-corrected chi connectivity index (χ2v) is 15.4. The molecule has 328 valence electrons. The monoisotopic (exact) mass is 1060 g/mol. The van der Waals surface area contributed by atoms with Crippen LogP contribution in [0.1, 0.15) is 27.9 Å². The van der Waals surface area contributed by atoms with Crippen LogP contribution in [0.2, 0.25) is 0 Å². The number of nitrogens with two attached hydrogens (primary N) is 2. The van der Waals surface area contributed by atoms with Gasteiger partial charge in [-0.1, -0.05) is 23.4 Å². The number of aromatic nitrogens is 3. The van der Waals surface area contributed by atoms with Gasteiger partial charge in [0, 0.05) is 0 Å². The molecular weight excluding hydrogens is 1010 g/mol. The Morgan fingerprint density at radius 2 is 1.23 bits per heavy atom. The van der Waals surface area contributed by atoms with Crippen LogP contribution in [0.4, 0.5) is 0 Å². The summed E-state index contributed by atoms with van der Waals surface area (Å²) in [6.45, 7) is 11.2. The van der Waals surface area contributed by atoms with Crippen molar-refractivity contribution in [2.75, 3.05) is 85.9 Å². The Balaban J connectivity index is 0.933. The van der Waals surface area contributed by atoms with Crippen molar-refractivity contribution in [2.45, 2.75) is 40.0 Å². The minimum atomic E-state index is -0.868. The first-order chi connectivity index (χ1) is 29.1. The molecule has 0 unspecified atom stereocenters. The molecule has 0 atom stereocenters. The highest BCUT2D eigenvalue weighted by molar-refractivity contribution is 14.1. The van der Waals surface area contributed by atoms with Crippen molar-refractivity contribution in [3.63, 3.8) is 0 Å². The number of carboxylic acids is 1. The number of benzene rings is 3. The van der Waals surface area contributed by atoms with E-state index in [0.29, 0.717) is 116 Å². The molecule has 5 N–H and O–H groups in total. The Hall–Kier alpha value is -3.84. The molecule has 19 heteroatoms. The molecule has 1 heterocycles. The van der Waals surface area contributed by atoms with Crippen LogP contribution in [0.15, 0.2) is 59.7 Å². The van der Waals surface area contributed by atoms with Crippen molar-refractivity contribution < 1.29 is 52.5 Å². The third kappa shape index (κ3) is 19.3. The minimum absolute atomic E-state index is 0.0337. The number of nitrogens with zero attached hydrogens (tertiary/aromatic N) is 4. The molecule has 0 saturated carbocycles. The molecule has 0 spiro atoms. The molecule has 1 aromatic heterocycles. The molecule has 3 aromatic carbocycles. The van der Waals surface area contributed by atoms with Crippen molar-refractivity contribution in [3.8, 4) is 23.0 Å². The lowest BCUT2D eigenvalue weighted by Crippen LogP contribution is -2.22. The maximum absolute atomic E-state index is 11.1. The van der Waals surface area contributed by atoms with Crippen LogP contribution in [0.5, 0.6) is 23.0 Å². The number of halogens is 2. The SMILES string of the molecule is Cc1cc(Oc2c(C)cc(CC(=O)O)cc2I)cc(I)c1OCc1cn(CCOCCOCCOCCOCCOCCOCCOc2ccc(CN=C(N)N)cc2)nn1. The Morgan fingerprint density at radius 3 is 1.78 bits per heavy atom. The second kappa shape index (κ2) is 27.9. The molecule has 0 aliphatic rings. The summed E-state index contributed by atoms with van der Waals surface area (Å²) < 4.78 is 54.8. The van der Waals surface area contributed by atoms with E-state index in [4.69, 9.17) is 59.2 Å². The van der Waals surface area contributed by atoms with Crippen LogP contribution in [0, 0.1) is 21.0 Å². The van der Waals surface area contributed by atoms with Crippen LogP contribution in [-0.2, 0) is 59.3 Å². The van der Waals surface area contributed by atoms with Gasteiger partial charge in [-0.25, -0.2) is 9.67 Å². The normalized spacial score (nSPS) is 11.1. The zero-order valence-corrected chi connectivity index (χ0v) is 38.3. The third-order valence-corrected chi connectivity index (χ3v) is 9.81. The van der Waals surface area contributed by atoms with Crippen molar-refractivity contribution in [1.82, 2.24) is 15.0 Å². The van der Waals surface area contributed by atoms with E-state index in [1.165, 1.54) is 0 Å². The van der Waals surface area contributed by atoms with E-state index in [2.05, 4.69) is 60.5 Å². The number of carbonyl (C=O) groups is 1. The number of carboxylic acid groups (broad SMARTS) is 1. The quantitative estimate of drug-likeness (QED) is 0.0260. The van der Waals surface area contributed by atoms with E-state index in [0.717, 1.165) is 40.9 Å². The first kappa shape index (κ1) is 48.8. The van der Waals surface area contributed by atoms with Gasteiger partial charge in [0.25, 0.3) is 0 Å². The molecule has 4 rings (SSSR count). The topological polar surface area (TPSA) is 215 Å². The van der Waals surface area contributed by atoms with E-state index < -0.39 is 5.97 Å². The minimum Gasteiger partial charge on any atom is -0.491 e. The van der Waals surface area contributed by atoms with Gasteiger partial charge in [0.2, 0.25) is 0 Å². The van der Waals surface area contributed by atoms with E-state index in [1.54, 1.807) is 4.68 Å². The van der Waals surface area contributed by atoms with Crippen molar-refractivity contribution in [2.24, 2.45) is 16.5 Å². The van der Waals surface area contributed by atoms with Gasteiger partial charge in [-0.2, -0.15) is 0 Å². The lowest BCUT2D eigenvalue weighted by atomic mass is 10.1. The molecule has 0 saturated heterocycles. The van der Waals surface area contributed by atoms with E-state index >= 15 is 0 Å². The predicted octanol–water partition coefficient (Wildman–Crippen LogP) is 5.05. The van der Waals surface area contributed by atoms with Gasteiger partial charge in [0.05, 0.1) is 112 Å². The summed E-state index contributed by atoms with van der Waals surface area (Å²) in [7, 11) is 0. The lowest BCUT2D eigenvalue weighted by Gasteiger charge is -2.16. The van der Waals surface area contributed by atoms with Gasteiger partial charge >= 0.3 is 5.97 Å². The summed E-state index contributed by atoms with van der Waals surface area (Å²) in [6, 6.07) is 15.1. The van der Waals surface area contributed by atoms with Gasteiger partial charge in [-0.15, -0.1) is 5.10 Å². The van der Waals surface area contributed by atoms with Crippen LogP contribution in [0.3, 0.4) is 0 Å². The third-order valence-electron chi connectivity index (χ3n) is 8.21. The summed E-state index contributed by atoms with van der Waals surface area (Å²) in [5.74, 6) is 2.06. The van der Waals surface area contributed by atoms with Crippen LogP contribution >= 0.6 is 45.2 Å². The number of guanidine groups is 1. The number of ether oxygens (including phenoxy) is 9. The van der Waals surface area contributed by atoms with Gasteiger partial charge < -0.3 is 59.2 Å². The number of aliphatic imine (C=N–C) groups is 1. The summed E-state index contributed by atoms with van der Waals surface area (Å²) >= 11 is 4.40. The largest absolute Gasteiger partial charge is 0.491 e. The van der Waals surface area contributed by atoms with E-state index in [1.807, 2.05) is 68.6 Å². The van der Waals surface area contributed by atoms with E-state index in [9.17, 15) is 4.79 Å². The molecular formula is C41H54I2N6O11. The van der Waals surface area contributed by atoms with Crippen molar-refractivity contribution >= 4 is 57.1 Å². The molecule has 0 aliphatic heterocycles. The number of aliphatic carboxylic acids is 1.